The van der Waals surface area contributed by atoms with E-state index in [0.717, 1.165) is 28.3 Å². The molecule has 0 saturated heterocycles. The number of rotatable bonds is 12. The Morgan fingerprint density at radius 1 is 1.13 bits per heavy atom. The Labute approximate surface area is 216 Å². The third-order valence-electron chi connectivity index (χ3n) is 5.52. The number of halogens is 3. The average Bonchev–Trinajstić information content (AvgIpc) is 3.20. The number of aliphatic hydroxyl groups is 1. The standard InChI is InChI=1S/C25H30F3N5O5/c1-30(2)16-18-8-10-19(11-9-18)17-33-20-21(31(3)24(36)32(22(20)35)12-7-13-34)29-23(33)37-14-5-4-6-15-38-25(26,27)28/h4-6,8-11,14,34H,7,12-13,15-17H2,1-3H3/p+1/b6-4-,14-5+. The molecule has 10 nitrogen and oxygen atoms in total. The highest BCUT2D eigenvalue weighted by Crippen LogP contribution is 2.16. The third kappa shape index (κ3) is 7.43. The number of fused-ring (bicyclic) bond motifs is 1. The second-order valence-corrected chi connectivity index (χ2v) is 8.77. The van der Waals surface area contributed by atoms with Gasteiger partial charge in [0.05, 0.1) is 12.9 Å². The number of aryl methyl sites for hydroxylation is 1. The first kappa shape index (κ1) is 28.9. The van der Waals surface area contributed by atoms with Gasteiger partial charge in [0, 0.05) is 26.7 Å². The van der Waals surface area contributed by atoms with Gasteiger partial charge in [-0.15, -0.1) is 13.2 Å². The summed E-state index contributed by atoms with van der Waals surface area (Å²) < 4.78 is 49.5. The highest BCUT2D eigenvalue weighted by molar-refractivity contribution is 5.66. The van der Waals surface area contributed by atoms with E-state index in [1.807, 2.05) is 43.3 Å². The van der Waals surface area contributed by atoms with Crippen LogP contribution in [0.1, 0.15) is 17.5 Å². The lowest BCUT2D eigenvalue weighted by molar-refractivity contribution is -0.667. The molecule has 2 aromatic heterocycles. The summed E-state index contributed by atoms with van der Waals surface area (Å²) in [6, 6.07) is 7.96. The van der Waals surface area contributed by atoms with Crippen LogP contribution in [0.4, 0.5) is 13.2 Å². The summed E-state index contributed by atoms with van der Waals surface area (Å²) in [5.74, 6) is 0. The summed E-state index contributed by atoms with van der Waals surface area (Å²) in [4.78, 5) is 31.2. The molecule has 0 saturated carbocycles. The van der Waals surface area contributed by atoms with E-state index in [1.165, 1.54) is 30.0 Å². The van der Waals surface area contributed by atoms with Crippen LogP contribution in [0.2, 0.25) is 0 Å². The summed E-state index contributed by atoms with van der Waals surface area (Å²) in [5, 5.41) is 9.20. The van der Waals surface area contributed by atoms with Gasteiger partial charge in [-0.25, -0.2) is 4.79 Å². The number of aliphatic hydroxyl groups excluding tert-OH is 1. The lowest BCUT2D eigenvalue weighted by Crippen LogP contribution is -2.45. The van der Waals surface area contributed by atoms with Gasteiger partial charge in [0.1, 0.15) is 6.54 Å². The smallest absolute Gasteiger partial charge is 0.400 e. The molecule has 38 heavy (non-hydrogen) atoms. The molecule has 3 aromatic rings. The molecule has 13 heteroatoms. The lowest BCUT2D eigenvalue weighted by atomic mass is 10.1. The van der Waals surface area contributed by atoms with Crippen molar-refractivity contribution in [3.63, 3.8) is 0 Å². The van der Waals surface area contributed by atoms with Crippen molar-refractivity contribution in [2.75, 3.05) is 27.3 Å². The lowest BCUT2D eigenvalue weighted by Gasteiger charge is -2.10. The van der Waals surface area contributed by atoms with Crippen molar-refractivity contribution in [3.8, 4) is 6.01 Å². The van der Waals surface area contributed by atoms with E-state index < -0.39 is 24.2 Å². The fourth-order valence-corrected chi connectivity index (χ4v) is 3.80. The molecule has 0 atom stereocenters. The van der Waals surface area contributed by atoms with Crippen molar-refractivity contribution in [3.05, 3.63) is 80.7 Å². The molecular formula is C25H31F3N5O5+. The number of alkyl halides is 3. The molecule has 0 bridgehead atoms. The maximum Gasteiger partial charge on any atom is 0.522 e. The number of ether oxygens (including phenoxy) is 2. The van der Waals surface area contributed by atoms with E-state index in [0.29, 0.717) is 0 Å². The highest BCUT2D eigenvalue weighted by Gasteiger charge is 2.29. The van der Waals surface area contributed by atoms with Crippen LogP contribution in [-0.4, -0.2) is 57.8 Å². The van der Waals surface area contributed by atoms with Crippen LogP contribution in [0.25, 0.3) is 11.2 Å². The van der Waals surface area contributed by atoms with E-state index in [9.17, 15) is 27.9 Å². The highest BCUT2D eigenvalue weighted by atomic mass is 19.4. The number of allylic oxidation sites excluding steroid dienone is 2. The Bertz CT molecular complexity index is 1400. The van der Waals surface area contributed by atoms with Crippen LogP contribution in [0.15, 0.2) is 58.3 Å². The molecule has 0 amide bonds. The monoisotopic (exact) mass is 538 g/mol. The van der Waals surface area contributed by atoms with Crippen LogP contribution in [-0.2, 0) is 31.4 Å². The molecule has 206 valence electrons. The van der Waals surface area contributed by atoms with Crippen LogP contribution in [0.5, 0.6) is 6.01 Å². The SMILES string of the molecule is CN(C)Cc1ccc(C[n+]2c(O/C=C/C=C\COC(F)(F)F)[nH]c3c2c(=O)n(CCCO)c(=O)n3C)cc1. The van der Waals surface area contributed by atoms with E-state index in [1.54, 1.807) is 4.57 Å². The number of nitrogens with one attached hydrogen (secondary N) is 1. The van der Waals surface area contributed by atoms with Gasteiger partial charge in [0.15, 0.2) is 0 Å². The van der Waals surface area contributed by atoms with Gasteiger partial charge in [-0.05, 0) is 37.7 Å². The topological polar surface area (TPSA) is 106 Å². The van der Waals surface area contributed by atoms with Gasteiger partial charge >= 0.3 is 23.6 Å². The molecule has 2 N–H and O–H groups in total. The van der Waals surface area contributed by atoms with Crippen molar-refractivity contribution < 1.29 is 32.3 Å². The van der Waals surface area contributed by atoms with Gasteiger partial charge in [0.25, 0.3) is 11.2 Å². The summed E-state index contributed by atoms with van der Waals surface area (Å²) in [7, 11) is 5.45. The summed E-state index contributed by atoms with van der Waals surface area (Å²) >= 11 is 0. The fourth-order valence-electron chi connectivity index (χ4n) is 3.80. The minimum absolute atomic E-state index is 0.0449. The zero-order chi connectivity index (χ0) is 27.9. The first-order valence-corrected chi connectivity index (χ1v) is 11.8. The zero-order valence-electron chi connectivity index (χ0n) is 21.4. The van der Waals surface area contributed by atoms with Crippen LogP contribution in [0, 0.1) is 0 Å². The second kappa shape index (κ2) is 12.7. The summed E-state index contributed by atoms with van der Waals surface area (Å²) in [5.41, 5.74) is 1.32. The number of aromatic nitrogens is 4. The molecule has 0 fully saturated rings. The van der Waals surface area contributed by atoms with Crippen LogP contribution in [0.3, 0.4) is 0 Å². The van der Waals surface area contributed by atoms with E-state index in [-0.39, 0.29) is 43.3 Å². The number of aromatic amines is 1. The van der Waals surface area contributed by atoms with Crippen molar-refractivity contribution in [1.29, 1.82) is 0 Å². The Morgan fingerprint density at radius 3 is 2.45 bits per heavy atom. The van der Waals surface area contributed by atoms with Gasteiger partial charge in [-0.3, -0.25) is 18.7 Å². The van der Waals surface area contributed by atoms with Gasteiger partial charge < -0.3 is 14.7 Å². The van der Waals surface area contributed by atoms with Gasteiger partial charge in [0.2, 0.25) is 0 Å². The maximum atomic E-state index is 13.4. The third-order valence-corrected chi connectivity index (χ3v) is 5.52. The molecule has 0 aliphatic heterocycles. The molecular weight excluding hydrogens is 507 g/mol. The largest absolute Gasteiger partial charge is 0.522 e. The number of hydrogen-bond acceptors (Lipinski definition) is 6. The average molecular weight is 539 g/mol. The Balaban J connectivity index is 1.99. The van der Waals surface area contributed by atoms with Crippen molar-refractivity contribution in [2.24, 2.45) is 7.05 Å². The predicted octanol–water partition coefficient (Wildman–Crippen LogP) is 1.79. The molecule has 0 radical (unpaired) electrons. The number of H-pyrrole nitrogens is 1. The molecule has 1 aromatic carbocycles. The molecule has 0 aliphatic carbocycles. The van der Waals surface area contributed by atoms with Crippen LogP contribution < -0.4 is 20.6 Å². The Morgan fingerprint density at radius 2 is 1.82 bits per heavy atom. The normalized spacial score (nSPS) is 12.5. The van der Waals surface area contributed by atoms with Crippen molar-refractivity contribution >= 4 is 11.2 Å². The van der Waals surface area contributed by atoms with Gasteiger partial charge in [-0.2, -0.15) is 9.55 Å². The van der Waals surface area contributed by atoms with E-state index in [4.69, 9.17) is 4.74 Å². The van der Waals surface area contributed by atoms with Gasteiger partial charge in [-0.1, -0.05) is 36.4 Å². The van der Waals surface area contributed by atoms with E-state index >= 15 is 0 Å². The molecule has 0 spiro atoms. The van der Waals surface area contributed by atoms with Crippen molar-refractivity contribution in [1.82, 2.24) is 19.0 Å². The van der Waals surface area contributed by atoms with Crippen LogP contribution >= 0.6 is 0 Å². The Hall–Kier alpha value is -3.68. The number of benzene rings is 1. The predicted molar refractivity (Wildman–Crippen MR) is 134 cm³/mol. The second-order valence-electron chi connectivity index (χ2n) is 8.77. The van der Waals surface area contributed by atoms with Crippen molar-refractivity contribution in [2.45, 2.75) is 32.4 Å². The van der Waals surface area contributed by atoms with E-state index in [2.05, 4.69) is 9.72 Å². The summed E-state index contributed by atoms with van der Waals surface area (Å²) in [6.07, 6.45) is 0.587. The Kier molecular flexibility index (Phi) is 9.66. The first-order chi connectivity index (χ1) is 18.0. The minimum atomic E-state index is -4.72. The molecule has 3 rings (SSSR count). The molecule has 2 heterocycles. The number of hydrogen-bond donors (Lipinski definition) is 2. The minimum Gasteiger partial charge on any atom is -0.400 e. The number of imidazole rings is 1. The quantitative estimate of drug-likeness (QED) is 0.207. The number of nitrogens with zero attached hydrogens (tertiary/aromatic N) is 4. The molecule has 0 aliphatic rings. The maximum absolute atomic E-state index is 13.4. The summed E-state index contributed by atoms with van der Waals surface area (Å²) in [6.45, 7) is 0.205. The molecule has 0 unspecified atom stereocenters. The fraction of sp³-hybridized carbons (Fsp3) is 0.400. The first-order valence-electron chi connectivity index (χ1n) is 11.8. The zero-order valence-corrected chi connectivity index (χ0v) is 21.4.